The highest BCUT2D eigenvalue weighted by Gasteiger charge is 2.22. The number of hydrogen-bond donors (Lipinski definition) is 2. The third-order valence-electron chi connectivity index (χ3n) is 4.57. The van der Waals surface area contributed by atoms with Gasteiger partial charge in [-0.05, 0) is 46.2 Å². The summed E-state index contributed by atoms with van der Waals surface area (Å²) in [7, 11) is 3.59. The van der Waals surface area contributed by atoms with Crippen LogP contribution in [0.3, 0.4) is 0 Å². The van der Waals surface area contributed by atoms with Crippen LogP contribution < -0.4 is 10.6 Å². The molecular weight excluding hydrogens is 362 g/mol. The fraction of sp³-hybridized carbons (Fsp3) is 0.421. The maximum absolute atomic E-state index is 12.6. The lowest BCUT2D eigenvalue weighted by Gasteiger charge is -2.23. The number of benzene rings is 1. The van der Waals surface area contributed by atoms with E-state index in [1.807, 2.05) is 51.4 Å². The summed E-state index contributed by atoms with van der Waals surface area (Å²) in [5.74, 6) is -0.332. The van der Waals surface area contributed by atoms with Gasteiger partial charge in [0.25, 0.3) is 0 Å². The smallest absolute Gasteiger partial charge is 0.241 e. The molecule has 0 bridgehead atoms. The van der Waals surface area contributed by atoms with E-state index in [1.54, 1.807) is 35.3 Å². The monoisotopic (exact) mass is 389 g/mol. The lowest BCUT2D eigenvalue weighted by Crippen LogP contribution is -2.43. The number of likely N-dealkylation sites (N-methyl/N-ethyl adjacent to an activating group) is 1. The number of para-hydroxylation sites is 1. The molecule has 0 aliphatic rings. The van der Waals surface area contributed by atoms with Gasteiger partial charge in [0.2, 0.25) is 11.8 Å². The molecule has 2 aromatic rings. The number of hydrogen-bond acceptors (Lipinski definition) is 5. The summed E-state index contributed by atoms with van der Waals surface area (Å²) in [4.78, 5) is 27.7. The summed E-state index contributed by atoms with van der Waals surface area (Å²) in [6.45, 7) is 5.65. The first-order chi connectivity index (χ1) is 12.7. The van der Waals surface area contributed by atoms with Crippen LogP contribution in [0.1, 0.15) is 18.3 Å². The van der Waals surface area contributed by atoms with Crippen LogP contribution in [0.2, 0.25) is 0 Å². The lowest BCUT2D eigenvalue weighted by atomic mass is 10.2. The highest BCUT2D eigenvalue weighted by atomic mass is 32.2. The summed E-state index contributed by atoms with van der Waals surface area (Å²) in [5.41, 5.74) is 3.16. The molecule has 0 unspecified atom stereocenters. The van der Waals surface area contributed by atoms with Crippen molar-refractivity contribution in [3.8, 4) is 0 Å². The fourth-order valence-electron chi connectivity index (χ4n) is 2.68. The number of aryl methyl sites for hydroxylation is 2. The minimum Gasteiger partial charge on any atom is -0.324 e. The molecule has 0 aliphatic carbocycles. The van der Waals surface area contributed by atoms with Gasteiger partial charge in [-0.25, -0.2) is 0 Å². The third-order valence-corrected chi connectivity index (χ3v) is 5.37. The van der Waals surface area contributed by atoms with Gasteiger partial charge in [0, 0.05) is 11.9 Å². The zero-order valence-electron chi connectivity index (χ0n) is 16.7. The van der Waals surface area contributed by atoms with E-state index in [9.17, 15) is 9.59 Å². The topological polar surface area (TPSA) is 79.3 Å². The van der Waals surface area contributed by atoms with Crippen LogP contribution in [0.5, 0.6) is 0 Å². The average molecular weight is 390 g/mol. The normalized spacial score (nSPS) is 12.1. The fourth-order valence-corrected chi connectivity index (χ4v) is 3.24. The van der Waals surface area contributed by atoms with Crippen LogP contribution in [0.25, 0.3) is 0 Å². The minimum atomic E-state index is -0.467. The van der Waals surface area contributed by atoms with E-state index in [0.29, 0.717) is 0 Å². The summed E-state index contributed by atoms with van der Waals surface area (Å²) in [5, 5.41) is 10.1. The van der Waals surface area contributed by atoms with Gasteiger partial charge in [0.15, 0.2) is 0 Å². The maximum Gasteiger partial charge on any atom is 0.241 e. The second-order valence-corrected chi connectivity index (χ2v) is 7.35. The van der Waals surface area contributed by atoms with Crippen molar-refractivity contribution in [3.05, 3.63) is 35.7 Å². The molecule has 8 heteroatoms. The van der Waals surface area contributed by atoms with Crippen molar-refractivity contribution in [2.45, 2.75) is 31.7 Å². The van der Waals surface area contributed by atoms with Gasteiger partial charge in [0.05, 0.1) is 35.3 Å². The molecule has 0 saturated heterocycles. The van der Waals surface area contributed by atoms with Crippen LogP contribution in [0.4, 0.5) is 11.4 Å². The molecule has 2 rings (SSSR count). The number of thioether (sulfide) groups is 1. The van der Waals surface area contributed by atoms with Crippen molar-refractivity contribution in [1.29, 1.82) is 0 Å². The zero-order chi connectivity index (χ0) is 20.1. The van der Waals surface area contributed by atoms with Gasteiger partial charge < -0.3 is 10.6 Å². The Morgan fingerprint density at radius 1 is 1.26 bits per heavy atom. The second-order valence-electron chi connectivity index (χ2n) is 6.50. The molecule has 1 atom stereocenters. The molecular formula is C19H27N5O2S. The van der Waals surface area contributed by atoms with E-state index in [2.05, 4.69) is 15.7 Å². The second kappa shape index (κ2) is 9.05. The van der Waals surface area contributed by atoms with Gasteiger partial charge in [-0.3, -0.25) is 19.2 Å². The molecule has 0 spiro atoms. The third kappa shape index (κ3) is 5.11. The van der Waals surface area contributed by atoms with Crippen LogP contribution in [-0.2, 0) is 16.6 Å². The Hall–Kier alpha value is -2.32. The maximum atomic E-state index is 12.6. The van der Waals surface area contributed by atoms with Crippen molar-refractivity contribution in [2.24, 2.45) is 7.05 Å². The molecule has 27 heavy (non-hydrogen) atoms. The Morgan fingerprint density at radius 2 is 1.93 bits per heavy atom. The number of anilines is 2. The van der Waals surface area contributed by atoms with Crippen molar-refractivity contribution < 1.29 is 9.59 Å². The van der Waals surface area contributed by atoms with Gasteiger partial charge >= 0.3 is 0 Å². The number of carbonyl (C=O) groups is 2. The van der Waals surface area contributed by atoms with Gasteiger partial charge in [-0.1, -0.05) is 12.1 Å². The molecule has 2 N–H and O–H groups in total. The molecule has 0 saturated carbocycles. The lowest BCUT2D eigenvalue weighted by molar-refractivity contribution is -0.122. The Bertz CT molecular complexity index is 834. The number of carbonyl (C=O) groups excluding carboxylic acids is 2. The van der Waals surface area contributed by atoms with Crippen molar-refractivity contribution >= 4 is 35.0 Å². The van der Waals surface area contributed by atoms with E-state index >= 15 is 0 Å². The molecule has 0 aliphatic heterocycles. The Labute approximate surface area is 164 Å². The number of rotatable bonds is 7. The Morgan fingerprint density at radius 3 is 2.52 bits per heavy atom. The summed E-state index contributed by atoms with van der Waals surface area (Å²) >= 11 is 1.57. The number of aromatic nitrogens is 2. The van der Waals surface area contributed by atoms with E-state index in [4.69, 9.17) is 0 Å². The predicted molar refractivity (Wildman–Crippen MR) is 110 cm³/mol. The van der Waals surface area contributed by atoms with Gasteiger partial charge in [-0.2, -0.15) is 5.10 Å². The highest BCUT2D eigenvalue weighted by molar-refractivity contribution is 7.98. The first-order valence-electron chi connectivity index (χ1n) is 8.68. The quantitative estimate of drug-likeness (QED) is 0.712. The van der Waals surface area contributed by atoms with Crippen LogP contribution in [0, 0.1) is 13.8 Å². The Kier molecular flexibility index (Phi) is 7.04. The average Bonchev–Trinajstić information content (AvgIpc) is 2.87. The van der Waals surface area contributed by atoms with Crippen molar-refractivity contribution in [3.63, 3.8) is 0 Å². The number of nitrogens with zero attached hydrogens (tertiary/aromatic N) is 3. The molecule has 1 heterocycles. The van der Waals surface area contributed by atoms with Crippen molar-refractivity contribution in [1.82, 2.24) is 14.7 Å². The molecule has 0 radical (unpaired) electrons. The summed E-state index contributed by atoms with van der Waals surface area (Å²) in [6.07, 6.45) is 1.96. The molecule has 0 fully saturated rings. The summed E-state index contributed by atoms with van der Waals surface area (Å²) < 4.78 is 1.73. The molecule has 7 nitrogen and oxygen atoms in total. The van der Waals surface area contributed by atoms with Crippen LogP contribution in [-0.4, -0.2) is 52.4 Å². The van der Waals surface area contributed by atoms with Crippen LogP contribution >= 0.6 is 11.8 Å². The van der Waals surface area contributed by atoms with E-state index in [0.717, 1.165) is 27.7 Å². The predicted octanol–water partition coefficient (Wildman–Crippen LogP) is 2.66. The number of amides is 2. The summed E-state index contributed by atoms with van der Waals surface area (Å²) in [6, 6.07) is 7.17. The molecule has 1 aromatic carbocycles. The van der Waals surface area contributed by atoms with Crippen LogP contribution in [0.15, 0.2) is 29.2 Å². The van der Waals surface area contributed by atoms with Gasteiger partial charge in [0.1, 0.15) is 0 Å². The standard InChI is InChI=1S/C19H27N5O2S/c1-12-18(13(2)24(5)22-12)21-19(26)14(3)23(4)11-17(25)20-15-9-7-8-10-16(15)27-6/h7-10,14H,11H2,1-6H3,(H,20,25)(H,21,26)/t14-/m1/s1. The molecule has 146 valence electrons. The van der Waals surface area contributed by atoms with Gasteiger partial charge in [-0.15, -0.1) is 11.8 Å². The van der Waals surface area contributed by atoms with Crippen molar-refractivity contribution in [2.75, 3.05) is 30.5 Å². The first kappa shape index (κ1) is 21.0. The first-order valence-corrected chi connectivity index (χ1v) is 9.91. The minimum absolute atomic E-state index is 0.113. The highest BCUT2D eigenvalue weighted by Crippen LogP contribution is 2.24. The van der Waals surface area contributed by atoms with E-state index < -0.39 is 6.04 Å². The zero-order valence-corrected chi connectivity index (χ0v) is 17.5. The molecule has 2 amide bonds. The van der Waals surface area contributed by atoms with E-state index in [-0.39, 0.29) is 18.4 Å². The Balaban J connectivity index is 1.96. The SMILES string of the molecule is CSc1ccccc1NC(=O)CN(C)[C@H](C)C(=O)Nc1c(C)nn(C)c1C. The molecule has 1 aromatic heterocycles. The largest absolute Gasteiger partial charge is 0.324 e. The van der Waals surface area contributed by atoms with E-state index in [1.165, 1.54) is 0 Å². The number of nitrogens with one attached hydrogen (secondary N) is 2.